The normalized spacial score (nSPS) is 15.0. The van der Waals surface area contributed by atoms with Crippen molar-refractivity contribution in [3.05, 3.63) is 25.0 Å². The van der Waals surface area contributed by atoms with Gasteiger partial charge in [0.2, 0.25) is 0 Å². The van der Waals surface area contributed by atoms with Crippen molar-refractivity contribution in [3.63, 3.8) is 0 Å². The smallest absolute Gasteiger partial charge is 0.333 e. The van der Waals surface area contributed by atoms with Gasteiger partial charge < -0.3 is 18.9 Å². The Kier molecular flexibility index (Phi) is 9.76. The molecule has 0 N–H and O–H groups in total. The lowest BCUT2D eigenvalue weighted by Gasteiger charge is -2.19. The van der Waals surface area contributed by atoms with E-state index in [1.54, 1.807) is 13.8 Å². The molecule has 0 heterocycles. The van der Waals surface area contributed by atoms with Crippen LogP contribution in [0.3, 0.4) is 0 Å². The zero-order valence-corrected chi connectivity index (χ0v) is 12.9. The molecule has 3 unspecified atom stereocenters. The summed E-state index contributed by atoms with van der Waals surface area (Å²) in [4.78, 5) is 11.3. The van der Waals surface area contributed by atoms with Gasteiger partial charge in [-0.25, -0.2) is 4.79 Å². The molecule has 20 heavy (non-hydrogen) atoms. The fourth-order valence-corrected chi connectivity index (χ4v) is 1.22. The Hall–Kier alpha value is -1.33. The highest BCUT2D eigenvalue weighted by Crippen LogP contribution is 2.02. The third-order valence-corrected chi connectivity index (χ3v) is 2.34. The van der Waals surface area contributed by atoms with Crippen molar-refractivity contribution >= 4 is 5.97 Å². The van der Waals surface area contributed by atoms with E-state index in [9.17, 15) is 4.79 Å². The van der Waals surface area contributed by atoms with Crippen molar-refractivity contribution in [2.24, 2.45) is 0 Å². The topological polar surface area (TPSA) is 54.0 Å². The molecule has 0 amide bonds. The molecule has 0 aromatic carbocycles. The zero-order valence-electron chi connectivity index (χ0n) is 12.9. The molecular weight excluding hydrogens is 260 g/mol. The van der Waals surface area contributed by atoms with Gasteiger partial charge in [0, 0.05) is 5.57 Å². The Bertz CT molecular complexity index is 313. The average Bonchev–Trinajstić information content (AvgIpc) is 2.40. The van der Waals surface area contributed by atoms with Crippen LogP contribution in [0.1, 0.15) is 27.7 Å². The number of hydrogen-bond acceptors (Lipinski definition) is 5. The minimum Gasteiger partial charge on any atom is -0.499 e. The molecule has 0 rings (SSSR count). The molecule has 0 aliphatic rings. The number of carbonyl (C=O) groups excluding carboxylic acids is 1. The minimum absolute atomic E-state index is 0.0299. The van der Waals surface area contributed by atoms with E-state index in [0.717, 1.165) is 0 Å². The van der Waals surface area contributed by atoms with Crippen molar-refractivity contribution in [1.29, 1.82) is 0 Å². The first-order valence-electron chi connectivity index (χ1n) is 6.69. The minimum atomic E-state index is -0.403. The van der Waals surface area contributed by atoms with E-state index >= 15 is 0 Å². The van der Waals surface area contributed by atoms with Gasteiger partial charge in [-0.2, -0.15) is 0 Å². The molecule has 116 valence electrons. The summed E-state index contributed by atoms with van der Waals surface area (Å²) in [6.07, 6.45) is 0.949. The highest BCUT2D eigenvalue weighted by atomic mass is 16.6. The number of rotatable bonds is 11. The Morgan fingerprint density at radius 3 is 2.05 bits per heavy atom. The van der Waals surface area contributed by atoms with Gasteiger partial charge in [0.15, 0.2) is 0 Å². The average molecular weight is 286 g/mol. The summed E-state index contributed by atoms with van der Waals surface area (Å²) in [6.45, 7) is 15.4. The Morgan fingerprint density at radius 1 is 1.05 bits per heavy atom. The summed E-state index contributed by atoms with van der Waals surface area (Å²) < 4.78 is 21.2. The number of ether oxygens (including phenoxy) is 4. The summed E-state index contributed by atoms with van der Waals surface area (Å²) in [5.41, 5.74) is 0.379. The van der Waals surface area contributed by atoms with Crippen LogP contribution >= 0.6 is 0 Å². The lowest BCUT2D eigenvalue weighted by atomic mass is 10.3. The number of carbonyl (C=O) groups is 1. The van der Waals surface area contributed by atoms with E-state index in [1.165, 1.54) is 6.26 Å². The molecule has 0 aromatic heterocycles. The van der Waals surface area contributed by atoms with Gasteiger partial charge in [-0.15, -0.1) is 0 Å². The predicted octanol–water partition coefficient (Wildman–Crippen LogP) is 2.46. The largest absolute Gasteiger partial charge is 0.499 e. The molecule has 0 bridgehead atoms. The summed E-state index contributed by atoms with van der Waals surface area (Å²) in [5, 5.41) is 0. The lowest BCUT2D eigenvalue weighted by molar-refractivity contribution is -0.148. The Morgan fingerprint density at radius 2 is 1.55 bits per heavy atom. The Balaban J connectivity index is 3.76. The van der Waals surface area contributed by atoms with Gasteiger partial charge in [-0.3, -0.25) is 0 Å². The van der Waals surface area contributed by atoms with Crippen LogP contribution in [0.2, 0.25) is 0 Å². The molecule has 5 heteroatoms. The first-order valence-corrected chi connectivity index (χ1v) is 6.69. The molecule has 0 radical (unpaired) electrons. The van der Waals surface area contributed by atoms with E-state index in [2.05, 4.69) is 13.2 Å². The molecule has 0 saturated carbocycles. The van der Waals surface area contributed by atoms with Gasteiger partial charge in [0.05, 0.1) is 31.7 Å². The summed E-state index contributed by atoms with van der Waals surface area (Å²) in [6, 6.07) is 0. The molecule has 0 aromatic rings. The summed E-state index contributed by atoms with van der Waals surface area (Å²) >= 11 is 0. The van der Waals surface area contributed by atoms with Crippen molar-refractivity contribution in [2.75, 3.05) is 19.8 Å². The number of hydrogen-bond donors (Lipinski definition) is 0. The molecule has 3 atom stereocenters. The standard InChI is InChI=1S/C15H26O5/c1-7-17-8-12(4)18-9-13(5)19-10-14(6)20-15(16)11(2)3/h7,12-14H,1-2,8-10H2,3-6H3. The van der Waals surface area contributed by atoms with Crippen molar-refractivity contribution in [3.8, 4) is 0 Å². The van der Waals surface area contributed by atoms with Gasteiger partial charge >= 0.3 is 5.97 Å². The van der Waals surface area contributed by atoms with Crippen LogP contribution in [-0.2, 0) is 23.7 Å². The predicted molar refractivity (Wildman–Crippen MR) is 77.3 cm³/mol. The summed E-state index contributed by atoms with van der Waals surface area (Å²) in [5.74, 6) is -0.403. The fraction of sp³-hybridized carbons (Fsp3) is 0.667. The lowest BCUT2D eigenvalue weighted by Crippen LogP contribution is -2.27. The molecule has 0 spiro atoms. The van der Waals surface area contributed by atoms with Crippen LogP contribution in [-0.4, -0.2) is 44.1 Å². The zero-order chi connectivity index (χ0) is 15.5. The quantitative estimate of drug-likeness (QED) is 0.332. The van der Waals surface area contributed by atoms with Crippen molar-refractivity contribution in [2.45, 2.75) is 46.0 Å². The van der Waals surface area contributed by atoms with Gasteiger partial charge in [-0.05, 0) is 27.7 Å². The van der Waals surface area contributed by atoms with E-state index in [-0.39, 0.29) is 18.3 Å². The van der Waals surface area contributed by atoms with Gasteiger partial charge in [-0.1, -0.05) is 13.2 Å². The molecule has 0 saturated heterocycles. The van der Waals surface area contributed by atoms with E-state index in [0.29, 0.717) is 25.4 Å². The maximum absolute atomic E-state index is 11.3. The van der Waals surface area contributed by atoms with Crippen LogP contribution < -0.4 is 0 Å². The van der Waals surface area contributed by atoms with E-state index in [4.69, 9.17) is 18.9 Å². The van der Waals surface area contributed by atoms with E-state index < -0.39 is 5.97 Å². The van der Waals surface area contributed by atoms with Crippen LogP contribution in [0.15, 0.2) is 25.0 Å². The molecular formula is C15H26O5. The van der Waals surface area contributed by atoms with Crippen molar-refractivity contribution < 1.29 is 23.7 Å². The third-order valence-electron chi connectivity index (χ3n) is 2.34. The first kappa shape index (κ1) is 18.7. The van der Waals surface area contributed by atoms with E-state index in [1.807, 2.05) is 13.8 Å². The summed E-state index contributed by atoms with van der Waals surface area (Å²) in [7, 11) is 0. The maximum Gasteiger partial charge on any atom is 0.333 e. The third kappa shape index (κ3) is 9.58. The van der Waals surface area contributed by atoms with Crippen LogP contribution in [0.5, 0.6) is 0 Å². The highest BCUT2D eigenvalue weighted by molar-refractivity contribution is 5.87. The second kappa shape index (κ2) is 10.5. The molecule has 0 aliphatic carbocycles. The second-order valence-electron chi connectivity index (χ2n) is 4.78. The molecule has 5 nitrogen and oxygen atoms in total. The molecule has 0 aliphatic heterocycles. The van der Waals surface area contributed by atoms with Crippen LogP contribution in [0, 0.1) is 0 Å². The number of esters is 1. The van der Waals surface area contributed by atoms with Crippen LogP contribution in [0.4, 0.5) is 0 Å². The van der Waals surface area contributed by atoms with Crippen LogP contribution in [0.25, 0.3) is 0 Å². The Labute approximate surface area is 121 Å². The van der Waals surface area contributed by atoms with Gasteiger partial charge in [0.1, 0.15) is 12.7 Å². The second-order valence-corrected chi connectivity index (χ2v) is 4.78. The first-order chi connectivity index (χ1) is 9.36. The monoisotopic (exact) mass is 286 g/mol. The van der Waals surface area contributed by atoms with Crippen molar-refractivity contribution in [1.82, 2.24) is 0 Å². The van der Waals surface area contributed by atoms with Gasteiger partial charge in [0.25, 0.3) is 0 Å². The molecule has 0 fully saturated rings. The SMILES string of the molecule is C=COCC(C)OCC(C)OCC(C)OC(=O)C(=C)C. The fourth-order valence-electron chi connectivity index (χ4n) is 1.22. The maximum atomic E-state index is 11.3. The highest BCUT2D eigenvalue weighted by Gasteiger charge is 2.13.